The van der Waals surface area contributed by atoms with Gasteiger partial charge in [0.05, 0.1) is 17.4 Å². The zero-order valence-electron chi connectivity index (χ0n) is 17.4. The Balaban J connectivity index is 1.71. The second-order valence-corrected chi connectivity index (χ2v) is 7.83. The van der Waals surface area contributed by atoms with E-state index in [-0.39, 0.29) is 11.6 Å². The molecule has 0 spiro atoms. The molecule has 4 aromatic rings. The maximum absolute atomic E-state index is 12.6. The Bertz CT molecular complexity index is 1200. The quantitative estimate of drug-likeness (QED) is 0.547. The highest BCUT2D eigenvalue weighted by molar-refractivity contribution is 5.80. The third-order valence-corrected chi connectivity index (χ3v) is 5.59. The summed E-state index contributed by atoms with van der Waals surface area (Å²) in [5.74, 6) is 1.77. The molecule has 0 bridgehead atoms. The fourth-order valence-electron chi connectivity index (χ4n) is 3.91. The Kier molecular flexibility index (Phi) is 5.20. The fraction of sp³-hybridized carbons (Fsp3) is 0.348. The number of aromatic nitrogens is 4. The molecule has 0 saturated heterocycles. The lowest BCUT2D eigenvalue weighted by Gasteiger charge is -2.23. The van der Waals surface area contributed by atoms with Gasteiger partial charge in [-0.15, -0.1) is 10.2 Å². The lowest BCUT2D eigenvalue weighted by Crippen LogP contribution is -2.27. The molecule has 150 valence electrons. The first-order chi connectivity index (χ1) is 14.0. The third-order valence-electron chi connectivity index (χ3n) is 5.59. The largest absolute Gasteiger partial charge is 0.303 e. The van der Waals surface area contributed by atoms with E-state index in [2.05, 4.69) is 60.6 Å². The number of nitrogens with one attached hydrogen (secondary N) is 1. The molecule has 29 heavy (non-hydrogen) atoms. The standard InChI is InChI=1S/C23H27N5O/c1-5-16-10-12-17(13-11-16)21(15(2)3)24-14-20-25-26-23-27(4)22(29)18-8-6-7-9-19(18)28(20)23/h6-13,15,21,24H,5,14H2,1-4H3. The zero-order chi connectivity index (χ0) is 20.5. The minimum Gasteiger partial charge on any atom is -0.303 e. The third kappa shape index (κ3) is 3.44. The zero-order valence-corrected chi connectivity index (χ0v) is 17.4. The van der Waals surface area contributed by atoms with Crippen molar-refractivity contribution in [2.45, 2.75) is 39.8 Å². The van der Waals surface area contributed by atoms with Crippen molar-refractivity contribution in [3.8, 4) is 0 Å². The molecule has 4 rings (SSSR count). The van der Waals surface area contributed by atoms with Gasteiger partial charge in [-0.25, -0.2) is 0 Å². The molecule has 6 nitrogen and oxygen atoms in total. The molecular weight excluding hydrogens is 362 g/mol. The smallest absolute Gasteiger partial charge is 0.262 e. The van der Waals surface area contributed by atoms with E-state index < -0.39 is 0 Å². The van der Waals surface area contributed by atoms with Crippen LogP contribution in [0.5, 0.6) is 0 Å². The average molecular weight is 390 g/mol. The van der Waals surface area contributed by atoms with Crippen molar-refractivity contribution in [1.29, 1.82) is 0 Å². The van der Waals surface area contributed by atoms with Gasteiger partial charge in [0, 0.05) is 13.1 Å². The molecular formula is C23H27N5O. The van der Waals surface area contributed by atoms with Crippen molar-refractivity contribution in [3.05, 3.63) is 75.8 Å². The van der Waals surface area contributed by atoms with Crippen LogP contribution in [0.15, 0.2) is 53.3 Å². The maximum Gasteiger partial charge on any atom is 0.262 e. The molecule has 0 saturated carbocycles. The van der Waals surface area contributed by atoms with Crippen LogP contribution in [0.1, 0.15) is 43.8 Å². The summed E-state index contributed by atoms with van der Waals surface area (Å²) >= 11 is 0. The molecule has 2 aromatic heterocycles. The van der Waals surface area contributed by atoms with E-state index in [1.165, 1.54) is 11.1 Å². The number of benzene rings is 2. The molecule has 0 aliphatic heterocycles. The molecule has 0 aliphatic rings. The highest BCUT2D eigenvalue weighted by Gasteiger charge is 2.18. The lowest BCUT2D eigenvalue weighted by molar-refractivity contribution is 0.405. The van der Waals surface area contributed by atoms with Gasteiger partial charge in [-0.3, -0.25) is 13.8 Å². The van der Waals surface area contributed by atoms with Crippen molar-refractivity contribution in [1.82, 2.24) is 24.5 Å². The lowest BCUT2D eigenvalue weighted by atomic mass is 9.95. The summed E-state index contributed by atoms with van der Waals surface area (Å²) in [4.78, 5) is 12.6. The molecule has 0 radical (unpaired) electrons. The van der Waals surface area contributed by atoms with Gasteiger partial charge >= 0.3 is 0 Å². The van der Waals surface area contributed by atoms with E-state index in [9.17, 15) is 4.79 Å². The number of rotatable bonds is 6. The van der Waals surface area contributed by atoms with Crippen LogP contribution in [0, 0.1) is 5.92 Å². The van der Waals surface area contributed by atoms with Gasteiger partial charge in [0.2, 0.25) is 5.78 Å². The Morgan fingerprint density at radius 1 is 1.03 bits per heavy atom. The van der Waals surface area contributed by atoms with Crippen LogP contribution < -0.4 is 10.9 Å². The van der Waals surface area contributed by atoms with E-state index in [0.717, 1.165) is 17.8 Å². The van der Waals surface area contributed by atoms with Crippen molar-refractivity contribution >= 4 is 16.7 Å². The summed E-state index contributed by atoms with van der Waals surface area (Å²) in [5.41, 5.74) is 3.38. The van der Waals surface area contributed by atoms with Gasteiger partial charge in [0.15, 0.2) is 5.82 Å². The number of para-hydroxylation sites is 1. The van der Waals surface area contributed by atoms with Gasteiger partial charge in [-0.2, -0.15) is 0 Å². The maximum atomic E-state index is 12.6. The SMILES string of the molecule is CCc1ccc(C(NCc2nnc3n(C)c(=O)c4ccccc4n23)C(C)C)cc1. The summed E-state index contributed by atoms with van der Waals surface area (Å²) < 4.78 is 3.53. The van der Waals surface area contributed by atoms with E-state index in [4.69, 9.17) is 0 Å². The summed E-state index contributed by atoms with van der Waals surface area (Å²) in [5, 5.41) is 13.0. The Morgan fingerprint density at radius 2 is 1.76 bits per heavy atom. The summed E-state index contributed by atoms with van der Waals surface area (Å²) in [7, 11) is 1.74. The first-order valence-electron chi connectivity index (χ1n) is 10.1. The molecule has 1 unspecified atom stereocenters. The number of nitrogens with zero attached hydrogens (tertiary/aromatic N) is 4. The summed E-state index contributed by atoms with van der Waals surface area (Å²) in [6, 6.07) is 16.6. The number of hydrogen-bond acceptors (Lipinski definition) is 4. The van der Waals surface area contributed by atoms with Crippen molar-refractivity contribution in [2.24, 2.45) is 13.0 Å². The monoisotopic (exact) mass is 389 g/mol. The first-order valence-corrected chi connectivity index (χ1v) is 10.1. The molecule has 0 amide bonds. The number of aryl methyl sites for hydroxylation is 2. The molecule has 2 aromatic carbocycles. The van der Waals surface area contributed by atoms with Crippen LogP contribution >= 0.6 is 0 Å². The minimum absolute atomic E-state index is 0.0592. The number of hydrogen-bond donors (Lipinski definition) is 1. The Morgan fingerprint density at radius 3 is 2.45 bits per heavy atom. The summed E-state index contributed by atoms with van der Waals surface area (Å²) in [6.07, 6.45) is 1.04. The molecule has 2 heterocycles. The molecule has 0 fully saturated rings. The normalized spacial score (nSPS) is 12.9. The Hall–Kier alpha value is -2.99. The fourth-order valence-corrected chi connectivity index (χ4v) is 3.91. The Labute approximate surface area is 170 Å². The van der Waals surface area contributed by atoms with Crippen LogP contribution in [-0.4, -0.2) is 19.2 Å². The highest BCUT2D eigenvalue weighted by atomic mass is 16.1. The van der Waals surface area contributed by atoms with Gasteiger partial charge < -0.3 is 5.32 Å². The van der Waals surface area contributed by atoms with Gasteiger partial charge in [-0.05, 0) is 35.6 Å². The minimum atomic E-state index is -0.0592. The van der Waals surface area contributed by atoms with E-state index in [1.807, 2.05) is 28.7 Å². The van der Waals surface area contributed by atoms with Crippen LogP contribution in [-0.2, 0) is 20.0 Å². The van der Waals surface area contributed by atoms with Crippen LogP contribution in [0.2, 0.25) is 0 Å². The van der Waals surface area contributed by atoms with Crippen molar-refractivity contribution < 1.29 is 0 Å². The second-order valence-electron chi connectivity index (χ2n) is 7.83. The van der Waals surface area contributed by atoms with E-state index in [0.29, 0.717) is 23.6 Å². The van der Waals surface area contributed by atoms with Gasteiger partial charge in [-0.1, -0.05) is 57.2 Å². The van der Waals surface area contributed by atoms with Gasteiger partial charge in [0.25, 0.3) is 5.56 Å². The first kappa shape index (κ1) is 19.3. The predicted octanol–water partition coefficient (Wildman–Crippen LogP) is 3.63. The van der Waals surface area contributed by atoms with Crippen LogP contribution in [0.4, 0.5) is 0 Å². The van der Waals surface area contributed by atoms with E-state index in [1.54, 1.807) is 11.6 Å². The van der Waals surface area contributed by atoms with Crippen LogP contribution in [0.3, 0.4) is 0 Å². The van der Waals surface area contributed by atoms with Crippen LogP contribution in [0.25, 0.3) is 16.7 Å². The van der Waals surface area contributed by atoms with Crippen molar-refractivity contribution in [3.63, 3.8) is 0 Å². The second kappa shape index (κ2) is 7.79. The summed E-state index contributed by atoms with van der Waals surface area (Å²) in [6.45, 7) is 7.15. The van der Waals surface area contributed by atoms with Crippen molar-refractivity contribution in [2.75, 3.05) is 0 Å². The number of fused-ring (bicyclic) bond motifs is 3. The molecule has 1 atom stereocenters. The molecule has 6 heteroatoms. The highest BCUT2D eigenvalue weighted by Crippen LogP contribution is 2.23. The molecule has 1 N–H and O–H groups in total. The topological polar surface area (TPSA) is 64.2 Å². The van der Waals surface area contributed by atoms with Gasteiger partial charge in [0.1, 0.15) is 0 Å². The predicted molar refractivity (Wildman–Crippen MR) is 116 cm³/mol. The molecule has 0 aliphatic carbocycles. The average Bonchev–Trinajstić information content (AvgIpc) is 3.16. The van der Waals surface area contributed by atoms with E-state index >= 15 is 0 Å².